The van der Waals surface area contributed by atoms with E-state index in [1.165, 1.54) is 6.92 Å². The lowest BCUT2D eigenvalue weighted by molar-refractivity contribution is -0.385. The highest BCUT2D eigenvalue weighted by molar-refractivity contribution is 5.90. The quantitative estimate of drug-likeness (QED) is 0.676. The molecule has 1 N–H and O–H groups in total. The fraction of sp³-hybridized carbons (Fsp3) is 0.250. The van der Waals surface area contributed by atoms with E-state index in [4.69, 9.17) is 0 Å². The van der Waals surface area contributed by atoms with E-state index in [0.29, 0.717) is 5.69 Å². The van der Waals surface area contributed by atoms with Crippen LogP contribution in [-0.4, -0.2) is 15.4 Å². The molecule has 0 aliphatic heterocycles. The zero-order valence-corrected chi connectivity index (χ0v) is 12.9. The van der Waals surface area contributed by atoms with Gasteiger partial charge < -0.3 is 5.32 Å². The number of rotatable bonds is 5. The molecule has 0 spiro atoms. The number of nitro groups is 1. The standard InChI is InChI=1S/C16H17N3O4/c1-3-12-4-6-13(7-5-12)17-15(20)10-18-9-14(19(22)23)11(2)8-16(18)21/h4-9H,3,10H2,1-2H3,(H,17,20). The molecule has 0 saturated heterocycles. The Morgan fingerprint density at radius 2 is 1.96 bits per heavy atom. The van der Waals surface area contributed by atoms with Crippen LogP contribution in [0.1, 0.15) is 18.1 Å². The van der Waals surface area contributed by atoms with Crippen LogP contribution in [-0.2, 0) is 17.8 Å². The zero-order chi connectivity index (χ0) is 17.0. The molecule has 7 nitrogen and oxygen atoms in total. The molecular formula is C16H17N3O4. The van der Waals surface area contributed by atoms with Crippen molar-refractivity contribution in [1.82, 2.24) is 4.57 Å². The summed E-state index contributed by atoms with van der Waals surface area (Å²) < 4.78 is 1.03. The van der Waals surface area contributed by atoms with Crippen molar-refractivity contribution in [2.24, 2.45) is 0 Å². The van der Waals surface area contributed by atoms with Gasteiger partial charge in [0.25, 0.3) is 11.2 Å². The molecule has 1 aromatic carbocycles. The van der Waals surface area contributed by atoms with Crippen molar-refractivity contribution in [3.63, 3.8) is 0 Å². The topological polar surface area (TPSA) is 94.2 Å². The maximum Gasteiger partial charge on any atom is 0.288 e. The maximum atomic E-state index is 12.0. The second-order valence-electron chi connectivity index (χ2n) is 5.16. The lowest BCUT2D eigenvalue weighted by Crippen LogP contribution is -2.27. The molecule has 0 radical (unpaired) electrons. The van der Waals surface area contributed by atoms with Gasteiger partial charge >= 0.3 is 0 Å². The number of nitrogens with zero attached hydrogens (tertiary/aromatic N) is 2. The predicted octanol–water partition coefficient (Wildman–Crippen LogP) is 2.27. The van der Waals surface area contributed by atoms with Gasteiger partial charge in [-0.25, -0.2) is 0 Å². The second-order valence-corrected chi connectivity index (χ2v) is 5.16. The highest BCUT2D eigenvalue weighted by atomic mass is 16.6. The number of anilines is 1. The minimum atomic E-state index is -0.577. The molecule has 2 aromatic rings. The molecule has 0 fully saturated rings. The van der Waals surface area contributed by atoms with Crippen molar-refractivity contribution >= 4 is 17.3 Å². The first-order chi connectivity index (χ1) is 10.9. The second kappa shape index (κ2) is 6.87. The van der Waals surface area contributed by atoms with E-state index in [1.807, 2.05) is 19.1 Å². The van der Waals surface area contributed by atoms with Crippen molar-refractivity contribution in [2.75, 3.05) is 5.32 Å². The molecule has 1 aromatic heterocycles. The Kier molecular flexibility index (Phi) is 4.90. The summed E-state index contributed by atoms with van der Waals surface area (Å²) in [6.07, 6.45) is 1.99. The van der Waals surface area contributed by atoms with Gasteiger partial charge in [0.05, 0.1) is 11.1 Å². The number of carbonyl (C=O) groups excluding carboxylic acids is 1. The van der Waals surface area contributed by atoms with Crippen LogP contribution in [0.25, 0.3) is 0 Å². The van der Waals surface area contributed by atoms with Crippen LogP contribution in [0, 0.1) is 17.0 Å². The van der Waals surface area contributed by atoms with Gasteiger partial charge in [-0.15, -0.1) is 0 Å². The molecule has 1 heterocycles. The number of hydrogen-bond acceptors (Lipinski definition) is 4. The van der Waals surface area contributed by atoms with Gasteiger partial charge in [-0.3, -0.25) is 24.3 Å². The summed E-state index contributed by atoms with van der Waals surface area (Å²) in [6.45, 7) is 3.24. The summed E-state index contributed by atoms with van der Waals surface area (Å²) in [5.41, 5.74) is 1.39. The Morgan fingerprint density at radius 3 is 2.52 bits per heavy atom. The highest BCUT2D eigenvalue weighted by Gasteiger charge is 2.14. The van der Waals surface area contributed by atoms with Crippen LogP contribution in [0.5, 0.6) is 0 Å². The molecule has 7 heteroatoms. The van der Waals surface area contributed by atoms with Crippen LogP contribution < -0.4 is 10.9 Å². The molecule has 0 aliphatic carbocycles. The smallest absolute Gasteiger partial charge is 0.288 e. The fourth-order valence-corrected chi connectivity index (χ4v) is 2.15. The molecule has 1 amide bonds. The van der Waals surface area contributed by atoms with E-state index >= 15 is 0 Å². The first-order valence-corrected chi connectivity index (χ1v) is 7.15. The zero-order valence-electron chi connectivity index (χ0n) is 12.9. The number of pyridine rings is 1. The van der Waals surface area contributed by atoms with Crippen LogP contribution >= 0.6 is 0 Å². The van der Waals surface area contributed by atoms with E-state index in [-0.39, 0.29) is 17.8 Å². The molecule has 0 aliphatic rings. The summed E-state index contributed by atoms with van der Waals surface area (Å²) in [6, 6.07) is 8.51. The normalized spacial score (nSPS) is 10.3. The lowest BCUT2D eigenvalue weighted by Gasteiger charge is -2.08. The van der Waals surface area contributed by atoms with Crippen LogP contribution in [0.2, 0.25) is 0 Å². The van der Waals surface area contributed by atoms with E-state index in [0.717, 1.165) is 28.8 Å². The Hall–Kier alpha value is -2.96. The molecule has 0 saturated carbocycles. The average molecular weight is 315 g/mol. The molecule has 0 unspecified atom stereocenters. The van der Waals surface area contributed by atoms with Crippen LogP contribution in [0.4, 0.5) is 11.4 Å². The predicted molar refractivity (Wildman–Crippen MR) is 86.5 cm³/mol. The molecule has 120 valence electrons. The largest absolute Gasteiger partial charge is 0.325 e. The maximum absolute atomic E-state index is 12.0. The Balaban J connectivity index is 2.14. The Morgan fingerprint density at radius 1 is 1.30 bits per heavy atom. The van der Waals surface area contributed by atoms with Crippen molar-refractivity contribution in [2.45, 2.75) is 26.8 Å². The van der Waals surface area contributed by atoms with Crippen molar-refractivity contribution in [1.29, 1.82) is 0 Å². The van der Waals surface area contributed by atoms with Crippen molar-refractivity contribution in [3.8, 4) is 0 Å². The molecule has 0 bridgehead atoms. The van der Waals surface area contributed by atoms with Crippen molar-refractivity contribution in [3.05, 3.63) is 68.1 Å². The number of aromatic nitrogens is 1. The minimum Gasteiger partial charge on any atom is -0.325 e. The third-order valence-electron chi connectivity index (χ3n) is 3.46. The van der Waals surface area contributed by atoms with E-state index in [2.05, 4.69) is 5.32 Å². The summed E-state index contributed by atoms with van der Waals surface area (Å²) in [4.78, 5) is 34.2. The van der Waals surface area contributed by atoms with Gasteiger partial charge in [0.1, 0.15) is 6.54 Å². The average Bonchev–Trinajstić information content (AvgIpc) is 2.50. The number of benzene rings is 1. The Labute approximate surface area is 132 Å². The Bertz CT molecular complexity index is 794. The van der Waals surface area contributed by atoms with E-state index in [9.17, 15) is 19.7 Å². The first-order valence-electron chi connectivity index (χ1n) is 7.15. The summed E-state index contributed by atoms with van der Waals surface area (Å²) in [5, 5.41) is 13.6. The summed E-state index contributed by atoms with van der Waals surface area (Å²) >= 11 is 0. The minimum absolute atomic E-state index is 0.190. The van der Waals surface area contributed by atoms with E-state index in [1.54, 1.807) is 12.1 Å². The first kappa shape index (κ1) is 16.4. The van der Waals surface area contributed by atoms with Gasteiger partial charge in [0.2, 0.25) is 5.91 Å². The number of carbonyl (C=O) groups is 1. The van der Waals surface area contributed by atoms with Gasteiger partial charge in [0, 0.05) is 17.3 Å². The molecule has 2 rings (SSSR count). The molecular weight excluding hydrogens is 298 g/mol. The number of amides is 1. The molecule has 0 atom stereocenters. The number of aryl methyl sites for hydroxylation is 2. The van der Waals surface area contributed by atoms with Gasteiger partial charge in [0.15, 0.2) is 0 Å². The number of nitrogens with one attached hydrogen (secondary N) is 1. The van der Waals surface area contributed by atoms with Gasteiger partial charge in [-0.05, 0) is 31.0 Å². The monoisotopic (exact) mass is 315 g/mol. The SMILES string of the molecule is CCc1ccc(NC(=O)Cn2cc([N+](=O)[O-])c(C)cc2=O)cc1. The van der Waals surface area contributed by atoms with Crippen LogP contribution in [0.15, 0.2) is 41.3 Å². The fourth-order valence-electron chi connectivity index (χ4n) is 2.15. The summed E-state index contributed by atoms with van der Waals surface area (Å²) in [5.74, 6) is -0.422. The van der Waals surface area contributed by atoms with Crippen molar-refractivity contribution < 1.29 is 9.72 Å². The third-order valence-corrected chi connectivity index (χ3v) is 3.46. The summed E-state index contributed by atoms with van der Waals surface area (Å²) in [7, 11) is 0. The third kappa shape index (κ3) is 4.03. The number of hydrogen-bond donors (Lipinski definition) is 1. The van der Waals surface area contributed by atoms with E-state index < -0.39 is 16.4 Å². The van der Waals surface area contributed by atoms with Gasteiger partial charge in [-0.1, -0.05) is 19.1 Å². The van der Waals surface area contributed by atoms with Crippen LogP contribution in [0.3, 0.4) is 0 Å². The lowest BCUT2D eigenvalue weighted by atomic mass is 10.1. The highest BCUT2D eigenvalue weighted by Crippen LogP contribution is 2.14. The molecule has 23 heavy (non-hydrogen) atoms. The van der Waals surface area contributed by atoms with Gasteiger partial charge in [-0.2, -0.15) is 0 Å².